The van der Waals surface area contributed by atoms with Crippen LogP contribution in [0.25, 0.3) is 0 Å². The number of guanidine groups is 1. The predicted octanol–water partition coefficient (Wildman–Crippen LogP) is 2.70. The van der Waals surface area contributed by atoms with E-state index in [1.165, 1.54) is 0 Å². The van der Waals surface area contributed by atoms with Gasteiger partial charge in [0, 0.05) is 38.8 Å². The van der Waals surface area contributed by atoms with Crippen LogP contribution in [0, 0.1) is 0 Å². The average Bonchev–Trinajstić information content (AvgIpc) is 3.18. The Bertz CT molecular complexity index is 516. The Morgan fingerprint density at radius 3 is 2.50 bits per heavy atom. The Labute approximate surface area is 159 Å². The summed E-state index contributed by atoms with van der Waals surface area (Å²) >= 11 is 0. The van der Waals surface area contributed by atoms with Crippen LogP contribution in [0.2, 0.25) is 0 Å². The molecule has 148 valence electrons. The average molecular weight is 364 g/mol. The smallest absolute Gasteiger partial charge is 0.191 e. The second-order valence-corrected chi connectivity index (χ2v) is 7.25. The Hall–Kier alpha value is -1.53. The molecule has 1 unspecified atom stereocenters. The van der Waals surface area contributed by atoms with Crippen LogP contribution in [0.5, 0.6) is 0 Å². The first-order chi connectivity index (χ1) is 12.6. The number of nitrogens with zero attached hydrogens (tertiary/aromatic N) is 3. The lowest BCUT2D eigenvalue weighted by molar-refractivity contribution is 0.167. The second-order valence-electron chi connectivity index (χ2n) is 7.25. The molecule has 2 heterocycles. The molecule has 1 aliphatic heterocycles. The van der Waals surface area contributed by atoms with Crippen molar-refractivity contribution >= 4 is 5.96 Å². The number of likely N-dealkylation sites (tertiary alicyclic amines) is 1. The van der Waals surface area contributed by atoms with E-state index < -0.39 is 0 Å². The number of furan rings is 1. The van der Waals surface area contributed by atoms with Crippen molar-refractivity contribution in [1.29, 1.82) is 0 Å². The number of likely N-dealkylation sites (N-methyl/N-ethyl adjacent to an activating group) is 1. The van der Waals surface area contributed by atoms with Gasteiger partial charge in [-0.05, 0) is 51.9 Å². The van der Waals surface area contributed by atoms with E-state index in [4.69, 9.17) is 4.42 Å². The minimum Gasteiger partial charge on any atom is -0.468 e. The van der Waals surface area contributed by atoms with E-state index in [2.05, 4.69) is 59.2 Å². The molecule has 0 saturated carbocycles. The molecule has 0 aliphatic carbocycles. The van der Waals surface area contributed by atoms with Crippen LogP contribution < -0.4 is 10.6 Å². The molecule has 0 amide bonds. The fraction of sp³-hybridized carbons (Fsp3) is 0.750. The molecule has 2 N–H and O–H groups in total. The molecule has 0 radical (unpaired) electrons. The summed E-state index contributed by atoms with van der Waals surface area (Å²) < 4.78 is 5.68. The fourth-order valence-electron chi connectivity index (χ4n) is 3.70. The molecule has 0 aromatic carbocycles. The minimum atomic E-state index is 0.210. The molecule has 1 saturated heterocycles. The maximum absolute atomic E-state index is 5.68. The summed E-state index contributed by atoms with van der Waals surface area (Å²) in [6, 6.07) is 5.36. The number of rotatable bonds is 8. The van der Waals surface area contributed by atoms with Crippen LogP contribution in [0.4, 0.5) is 0 Å². The van der Waals surface area contributed by atoms with Crippen molar-refractivity contribution in [3.8, 4) is 0 Å². The molecule has 6 nitrogen and oxygen atoms in total. The first-order valence-electron chi connectivity index (χ1n) is 10.1. The summed E-state index contributed by atoms with van der Waals surface area (Å²) in [5.41, 5.74) is 0. The largest absolute Gasteiger partial charge is 0.468 e. The monoisotopic (exact) mass is 363 g/mol. The van der Waals surface area contributed by atoms with E-state index in [0.717, 1.165) is 57.3 Å². The van der Waals surface area contributed by atoms with Crippen LogP contribution in [-0.4, -0.2) is 67.6 Å². The molecule has 0 spiro atoms. The van der Waals surface area contributed by atoms with Crippen LogP contribution >= 0.6 is 0 Å². The van der Waals surface area contributed by atoms with Crippen LogP contribution in [0.1, 0.15) is 52.3 Å². The second kappa shape index (κ2) is 10.6. The molecule has 1 aromatic heterocycles. The summed E-state index contributed by atoms with van der Waals surface area (Å²) in [4.78, 5) is 9.38. The van der Waals surface area contributed by atoms with Gasteiger partial charge < -0.3 is 20.0 Å². The Balaban J connectivity index is 1.88. The summed E-state index contributed by atoms with van der Waals surface area (Å²) in [6.07, 6.45) is 4.08. The lowest BCUT2D eigenvalue weighted by Gasteiger charge is -2.35. The van der Waals surface area contributed by atoms with Gasteiger partial charge in [-0.2, -0.15) is 0 Å². The molecule has 1 fully saturated rings. The molecule has 6 heteroatoms. The van der Waals surface area contributed by atoms with Gasteiger partial charge in [-0.25, -0.2) is 0 Å². The van der Waals surface area contributed by atoms with Crippen molar-refractivity contribution < 1.29 is 4.42 Å². The zero-order valence-corrected chi connectivity index (χ0v) is 17.2. The van der Waals surface area contributed by atoms with E-state index in [1.54, 1.807) is 6.26 Å². The third-order valence-corrected chi connectivity index (χ3v) is 5.41. The molecular weight excluding hydrogens is 326 g/mol. The van der Waals surface area contributed by atoms with Gasteiger partial charge in [-0.1, -0.05) is 13.8 Å². The van der Waals surface area contributed by atoms with Gasteiger partial charge >= 0.3 is 0 Å². The zero-order valence-electron chi connectivity index (χ0n) is 17.2. The molecule has 1 atom stereocenters. The van der Waals surface area contributed by atoms with Crippen molar-refractivity contribution in [3.05, 3.63) is 24.2 Å². The molecule has 26 heavy (non-hydrogen) atoms. The van der Waals surface area contributed by atoms with Gasteiger partial charge in [0.15, 0.2) is 5.96 Å². The Morgan fingerprint density at radius 1 is 1.31 bits per heavy atom. The maximum atomic E-state index is 5.68. The fourth-order valence-corrected chi connectivity index (χ4v) is 3.70. The highest BCUT2D eigenvalue weighted by Gasteiger charge is 2.23. The van der Waals surface area contributed by atoms with Gasteiger partial charge in [-0.3, -0.25) is 9.89 Å². The first kappa shape index (κ1) is 20.8. The van der Waals surface area contributed by atoms with Gasteiger partial charge in [0.1, 0.15) is 5.76 Å². The molecule has 1 aliphatic rings. The third-order valence-electron chi connectivity index (χ3n) is 5.41. The topological polar surface area (TPSA) is 56.0 Å². The highest BCUT2D eigenvalue weighted by Crippen LogP contribution is 2.20. The lowest BCUT2D eigenvalue weighted by atomic mass is 10.0. The van der Waals surface area contributed by atoms with Crippen LogP contribution in [-0.2, 0) is 0 Å². The van der Waals surface area contributed by atoms with Crippen molar-refractivity contribution in [1.82, 2.24) is 20.4 Å². The highest BCUT2D eigenvalue weighted by molar-refractivity contribution is 5.80. The minimum absolute atomic E-state index is 0.210. The van der Waals surface area contributed by atoms with E-state index in [0.29, 0.717) is 12.1 Å². The normalized spacial score (nSPS) is 18.5. The predicted molar refractivity (Wildman–Crippen MR) is 109 cm³/mol. The van der Waals surface area contributed by atoms with E-state index in [1.807, 2.05) is 13.1 Å². The SMILES string of the molecule is CCN(CC)C(CNC(=NC)NC1CCN(C(C)C)CC1)c1ccco1. The third kappa shape index (κ3) is 5.74. The van der Waals surface area contributed by atoms with E-state index in [-0.39, 0.29) is 6.04 Å². The number of aliphatic imine (C=N–C) groups is 1. The van der Waals surface area contributed by atoms with Gasteiger partial charge in [-0.15, -0.1) is 0 Å². The molecule has 0 bridgehead atoms. The Kier molecular flexibility index (Phi) is 8.45. The van der Waals surface area contributed by atoms with Crippen molar-refractivity contribution in [2.45, 2.75) is 58.7 Å². The standard InChI is InChI=1S/C20H37N5O/c1-6-24(7-2)18(19-9-8-14-26-19)15-22-20(21-5)23-17-10-12-25(13-11-17)16(3)4/h8-9,14,16-18H,6-7,10-13,15H2,1-5H3,(H2,21,22,23). The van der Waals surface area contributed by atoms with Gasteiger partial charge in [0.2, 0.25) is 0 Å². The summed E-state index contributed by atoms with van der Waals surface area (Å²) in [5.74, 6) is 1.89. The van der Waals surface area contributed by atoms with Crippen molar-refractivity contribution in [2.75, 3.05) is 39.8 Å². The van der Waals surface area contributed by atoms with Crippen LogP contribution in [0.15, 0.2) is 27.8 Å². The van der Waals surface area contributed by atoms with E-state index >= 15 is 0 Å². The van der Waals surface area contributed by atoms with Crippen LogP contribution in [0.3, 0.4) is 0 Å². The maximum Gasteiger partial charge on any atom is 0.191 e. The quantitative estimate of drug-likeness (QED) is 0.549. The molecular formula is C20H37N5O. The van der Waals surface area contributed by atoms with E-state index in [9.17, 15) is 0 Å². The van der Waals surface area contributed by atoms with Gasteiger partial charge in [0.05, 0.1) is 12.3 Å². The Morgan fingerprint density at radius 2 is 2.00 bits per heavy atom. The number of hydrogen-bond donors (Lipinski definition) is 2. The number of nitrogens with one attached hydrogen (secondary N) is 2. The van der Waals surface area contributed by atoms with Crippen molar-refractivity contribution in [2.24, 2.45) is 4.99 Å². The molecule has 1 aromatic rings. The zero-order chi connectivity index (χ0) is 18.9. The van der Waals surface area contributed by atoms with Gasteiger partial charge in [0.25, 0.3) is 0 Å². The highest BCUT2D eigenvalue weighted by atomic mass is 16.3. The number of hydrogen-bond acceptors (Lipinski definition) is 4. The molecule has 2 rings (SSSR count). The number of piperidine rings is 1. The lowest BCUT2D eigenvalue weighted by Crippen LogP contribution is -2.51. The first-order valence-corrected chi connectivity index (χ1v) is 10.1. The summed E-state index contributed by atoms with van der Waals surface area (Å²) in [7, 11) is 1.85. The summed E-state index contributed by atoms with van der Waals surface area (Å²) in [6.45, 7) is 14.0. The van der Waals surface area contributed by atoms with Crippen molar-refractivity contribution in [3.63, 3.8) is 0 Å². The summed E-state index contributed by atoms with van der Waals surface area (Å²) in [5, 5.41) is 7.12.